The Kier molecular flexibility index (Phi) is 3.94. The maximum Gasteiger partial charge on any atom is 0.407 e. The van der Waals surface area contributed by atoms with Crippen LogP contribution in [-0.2, 0) is 18.2 Å². The summed E-state index contributed by atoms with van der Waals surface area (Å²) in [5.74, 6) is 1.71. The van der Waals surface area contributed by atoms with Gasteiger partial charge in [-0.2, -0.15) is 0 Å². The Balaban J connectivity index is 1.62. The van der Waals surface area contributed by atoms with Gasteiger partial charge < -0.3 is 14.6 Å². The van der Waals surface area contributed by atoms with Crippen molar-refractivity contribution in [1.82, 2.24) is 14.9 Å². The zero-order valence-corrected chi connectivity index (χ0v) is 12.0. The topological polar surface area (TPSA) is 56.2 Å². The molecule has 2 heterocycles. The summed E-state index contributed by atoms with van der Waals surface area (Å²) in [7, 11) is 1.97. The summed E-state index contributed by atoms with van der Waals surface area (Å²) in [6, 6.07) is 0.141. The fraction of sp³-hybridized carbons (Fsp3) is 0.733. The van der Waals surface area contributed by atoms with Crippen LogP contribution in [0.1, 0.15) is 44.3 Å². The molecule has 0 aromatic carbocycles. The van der Waals surface area contributed by atoms with E-state index in [4.69, 9.17) is 4.74 Å². The Morgan fingerprint density at radius 2 is 2.20 bits per heavy atom. The Bertz CT molecular complexity index is 465. The molecule has 5 heteroatoms. The van der Waals surface area contributed by atoms with Gasteiger partial charge in [-0.05, 0) is 12.3 Å². The van der Waals surface area contributed by atoms with Gasteiger partial charge in [-0.3, -0.25) is 0 Å². The van der Waals surface area contributed by atoms with Crippen LogP contribution >= 0.6 is 0 Å². The highest BCUT2D eigenvalue weighted by molar-refractivity contribution is 5.70. The van der Waals surface area contributed by atoms with E-state index in [1.165, 1.54) is 32.1 Å². The molecule has 0 bridgehead atoms. The lowest BCUT2D eigenvalue weighted by molar-refractivity contribution is 0.124. The van der Waals surface area contributed by atoms with Gasteiger partial charge >= 0.3 is 6.09 Å². The van der Waals surface area contributed by atoms with Gasteiger partial charge in [-0.15, -0.1) is 0 Å². The monoisotopic (exact) mass is 277 g/mol. The van der Waals surface area contributed by atoms with E-state index in [9.17, 15) is 4.79 Å². The molecule has 110 valence electrons. The minimum absolute atomic E-state index is 0.0782. The first kappa shape index (κ1) is 13.5. The first-order valence-electron chi connectivity index (χ1n) is 7.65. The predicted octanol–water partition coefficient (Wildman–Crippen LogP) is 2.41. The van der Waals surface area contributed by atoms with E-state index in [0.717, 1.165) is 18.2 Å². The quantitative estimate of drug-likeness (QED) is 0.919. The second kappa shape index (κ2) is 5.85. The maximum atomic E-state index is 11.6. The summed E-state index contributed by atoms with van der Waals surface area (Å²) in [6.45, 7) is 0. The molecule has 2 fully saturated rings. The van der Waals surface area contributed by atoms with Crippen LogP contribution in [0.5, 0.6) is 0 Å². The third-order valence-corrected chi connectivity index (χ3v) is 4.63. The lowest BCUT2D eigenvalue weighted by Crippen LogP contribution is -2.35. The first-order valence-corrected chi connectivity index (χ1v) is 7.65. The van der Waals surface area contributed by atoms with E-state index >= 15 is 0 Å². The summed E-state index contributed by atoms with van der Waals surface area (Å²) in [5, 5.41) is 2.98. The van der Waals surface area contributed by atoms with Crippen molar-refractivity contribution in [3.8, 4) is 0 Å². The zero-order valence-electron chi connectivity index (χ0n) is 12.0. The largest absolute Gasteiger partial charge is 0.444 e. The summed E-state index contributed by atoms with van der Waals surface area (Å²) < 4.78 is 7.43. The van der Waals surface area contributed by atoms with E-state index in [0.29, 0.717) is 6.42 Å². The summed E-state index contributed by atoms with van der Waals surface area (Å²) in [4.78, 5) is 15.9. The Morgan fingerprint density at radius 1 is 1.40 bits per heavy atom. The molecule has 2 aliphatic rings. The Morgan fingerprint density at radius 3 is 2.90 bits per heavy atom. The number of alkyl carbamates (subject to hydrolysis) is 1. The fourth-order valence-corrected chi connectivity index (χ4v) is 3.45. The van der Waals surface area contributed by atoms with Gasteiger partial charge in [-0.25, -0.2) is 9.78 Å². The molecule has 1 aromatic heterocycles. The molecule has 1 saturated heterocycles. The summed E-state index contributed by atoms with van der Waals surface area (Å²) in [5.41, 5.74) is 0. The average molecular weight is 277 g/mol. The SMILES string of the molecule is Cn1ccnc1CC1OC(=O)N[C@H]1CC1CCCCC1. The molecular formula is C15H23N3O2. The minimum atomic E-state index is -0.273. The number of amides is 1. The van der Waals surface area contributed by atoms with Gasteiger partial charge in [0.25, 0.3) is 0 Å². The van der Waals surface area contributed by atoms with Crippen LogP contribution in [0.4, 0.5) is 4.79 Å². The predicted molar refractivity (Wildman–Crippen MR) is 75.3 cm³/mol. The van der Waals surface area contributed by atoms with Crippen molar-refractivity contribution in [1.29, 1.82) is 0 Å². The molecular weight excluding hydrogens is 254 g/mol. The third kappa shape index (κ3) is 2.97. The second-order valence-electron chi connectivity index (χ2n) is 6.09. The third-order valence-electron chi connectivity index (χ3n) is 4.63. The molecule has 3 rings (SSSR count). The molecule has 1 N–H and O–H groups in total. The maximum absolute atomic E-state index is 11.6. The molecule has 1 amide bonds. The van der Waals surface area contributed by atoms with Crippen LogP contribution in [-0.4, -0.2) is 27.8 Å². The van der Waals surface area contributed by atoms with Crippen molar-refractivity contribution < 1.29 is 9.53 Å². The van der Waals surface area contributed by atoms with Crippen LogP contribution in [0, 0.1) is 5.92 Å². The van der Waals surface area contributed by atoms with Gasteiger partial charge in [0.15, 0.2) is 0 Å². The van der Waals surface area contributed by atoms with E-state index in [1.807, 2.05) is 17.8 Å². The molecule has 0 radical (unpaired) electrons. The summed E-state index contributed by atoms with van der Waals surface area (Å²) >= 11 is 0. The number of aryl methyl sites for hydroxylation is 1. The second-order valence-corrected chi connectivity index (χ2v) is 6.09. The number of cyclic esters (lactones) is 1. The van der Waals surface area contributed by atoms with Crippen molar-refractivity contribution in [3.05, 3.63) is 18.2 Å². The fourth-order valence-electron chi connectivity index (χ4n) is 3.45. The number of hydrogen-bond donors (Lipinski definition) is 1. The number of hydrogen-bond acceptors (Lipinski definition) is 3. The highest BCUT2D eigenvalue weighted by Gasteiger charge is 2.36. The van der Waals surface area contributed by atoms with Gasteiger partial charge in [0.1, 0.15) is 11.9 Å². The molecule has 1 aliphatic carbocycles. The number of rotatable bonds is 4. The van der Waals surface area contributed by atoms with Gasteiger partial charge in [0.05, 0.1) is 6.04 Å². The molecule has 0 spiro atoms. The van der Waals surface area contributed by atoms with Gasteiger partial charge in [0.2, 0.25) is 0 Å². The number of imidazole rings is 1. The van der Waals surface area contributed by atoms with Crippen molar-refractivity contribution >= 4 is 6.09 Å². The van der Waals surface area contributed by atoms with Crippen molar-refractivity contribution in [3.63, 3.8) is 0 Å². The van der Waals surface area contributed by atoms with Crippen molar-refractivity contribution in [2.45, 2.75) is 57.1 Å². The first-order chi connectivity index (χ1) is 9.72. The van der Waals surface area contributed by atoms with Crippen LogP contribution in [0.15, 0.2) is 12.4 Å². The number of aromatic nitrogens is 2. The highest BCUT2D eigenvalue weighted by Crippen LogP contribution is 2.30. The van der Waals surface area contributed by atoms with Crippen molar-refractivity contribution in [2.75, 3.05) is 0 Å². The van der Waals surface area contributed by atoms with E-state index in [2.05, 4.69) is 10.3 Å². The number of nitrogens with one attached hydrogen (secondary N) is 1. The number of carbonyl (C=O) groups excluding carboxylic acids is 1. The van der Waals surface area contributed by atoms with Crippen LogP contribution in [0.3, 0.4) is 0 Å². The molecule has 1 aliphatic heterocycles. The van der Waals surface area contributed by atoms with Crippen LogP contribution < -0.4 is 5.32 Å². The average Bonchev–Trinajstić information content (AvgIpc) is 2.98. The van der Waals surface area contributed by atoms with E-state index < -0.39 is 0 Å². The lowest BCUT2D eigenvalue weighted by Gasteiger charge is -2.26. The smallest absolute Gasteiger partial charge is 0.407 e. The molecule has 1 unspecified atom stereocenters. The highest BCUT2D eigenvalue weighted by atomic mass is 16.6. The van der Waals surface area contributed by atoms with E-state index in [-0.39, 0.29) is 18.2 Å². The zero-order chi connectivity index (χ0) is 13.9. The molecule has 1 aromatic rings. The van der Waals surface area contributed by atoms with Gasteiger partial charge in [-0.1, -0.05) is 32.1 Å². The molecule has 5 nitrogen and oxygen atoms in total. The number of nitrogens with zero attached hydrogens (tertiary/aromatic N) is 2. The lowest BCUT2D eigenvalue weighted by atomic mass is 9.83. The number of ether oxygens (including phenoxy) is 1. The minimum Gasteiger partial charge on any atom is -0.444 e. The van der Waals surface area contributed by atoms with Crippen molar-refractivity contribution in [2.24, 2.45) is 13.0 Å². The molecule has 1 saturated carbocycles. The standard InChI is InChI=1S/C15H23N3O2/c1-18-8-7-16-14(18)10-13-12(17-15(19)20-13)9-11-5-3-2-4-6-11/h7-8,11-13H,2-6,9-10H2,1H3,(H,17,19)/t12-,13?/m0/s1. The molecule has 20 heavy (non-hydrogen) atoms. The van der Waals surface area contributed by atoms with Crippen LogP contribution in [0.25, 0.3) is 0 Å². The molecule has 2 atom stereocenters. The van der Waals surface area contributed by atoms with Crippen LogP contribution in [0.2, 0.25) is 0 Å². The number of carbonyl (C=O) groups is 1. The van der Waals surface area contributed by atoms with E-state index in [1.54, 1.807) is 6.20 Å². The summed E-state index contributed by atoms with van der Waals surface area (Å²) in [6.07, 6.45) is 11.7. The normalized spacial score (nSPS) is 27.4. The van der Waals surface area contributed by atoms with Gasteiger partial charge in [0, 0.05) is 25.9 Å². The Hall–Kier alpha value is -1.52. The Labute approximate surface area is 119 Å².